The molecule has 2 aliphatic heterocycles. The lowest BCUT2D eigenvalue weighted by Gasteiger charge is -2.45. The zero-order chi connectivity index (χ0) is 18.1. The lowest BCUT2D eigenvalue weighted by molar-refractivity contribution is -0.116. The number of pyridine rings is 1. The maximum absolute atomic E-state index is 13.4. The summed E-state index contributed by atoms with van der Waals surface area (Å²) in [6.45, 7) is 2.96. The largest absolute Gasteiger partial charge is 0.381 e. The van der Waals surface area contributed by atoms with Crippen molar-refractivity contribution >= 4 is 17.4 Å². The number of aromatic nitrogens is 3. The minimum atomic E-state index is -0.644. The Morgan fingerprint density at radius 1 is 1.31 bits per heavy atom. The van der Waals surface area contributed by atoms with Gasteiger partial charge < -0.3 is 19.4 Å². The van der Waals surface area contributed by atoms with Crippen molar-refractivity contribution in [3.05, 3.63) is 39.7 Å². The van der Waals surface area contributed by atoms with E-state index in [1.807, 2.05) is 4.90 Å². The zero-order valence-corrected chi connectivity index (χ0v) is 14.8. The second-order valence-corrected chi connectivity index (χ2v) is 6.86. The summed E-state index contributed by atoms with van der Waals surface area (Å²) in [5, 5.41) is 0.0207. The number of halogens is 2. The Morgan fingerprint density at radius 2 is 2.12 bits per heavy atom. The van der Waals surface area contributed by atoms with Gasteiger partial charge in [0, 0.05) is 57.0 Å². The van der Waals surface area contributed by atoms with Crippen molar-refractivity contribution in [2.75, 3.05) is 37.8 Å². The number of morpholine rings is 1. The Morgan fingerprint density at radius 3 is 2.88 bits per heavy atom. The Labute approximate surface area is 154 Å². The van der Waals surface area contributed by atoms with Crippen LogP contribution in [-0.2, 0) is 9.47 Å². The van der Waals surface area contributed by atoms with E-state index in [2.05, 4.69) is 15.0 Å². The van der Waals surface area contributed by atoms with Crippen LogP contribution < -0.4 is 10.5 Å². The Hall–Kier alpha value is -2.03. The Balaban J connectivity index is 1.70. The third-order valence-corrected chi connectivity index (χ3v) is 5.14. The molecule has 0 aromatic carbocycles. The van der Waals surface area contributed by atoms with Crippen molar-refractivity contribution in [2.45, 2.75) is 18.4 Å². The zero-order valence-electron chi connectivity index (χ0n) is 14.0. The maximum atomic E-state index is 13.4. The number of nitrogens with zero attached hydrogens (tertiary/aromatic N) is 3. The van der Waals surface area contributed by atoms with Crippen molar-refractivity contribution in [1.29, 1.82) is 0 Å². The highest BCUT2D eigenvalue weighted by Crippen LogP contribution is 2.33. The van der Waals surface area contributed by atoms with Gasteiger partial charge in [-0.2, -0.15) is 4.39 Å². The number of hydrogen-bond acceptors (Lipinski definition) is 6. The summed E-state index contributed by atoms with van der Waals surface area (Å²) in [7, 11) is 0. The molecule has 0 amide bonds. The number of rotatable bonds is 2. The quantitative estimate of drug-likeness (QED) is 0.803. The molecule has 7 nitrogen and oxygen atoms in total. The fourth-order valence-corrected chi connectivity index (χ4v) is 3.62. The van der Waals surface area contributed by atoms with E-state index in [9.17, 15) is 9.18 Å². The van der Waals surface area contributed by atoms with Crippen LogP contribution in [-0.4, -0.2) is 53.5 Å². The predicted octanol–water partition coefficient (Wildman–Crippen LogP) is 2.01. The van der Waals surface area contributed by atoms with Gasteiger partial charge in [0.05, 0.1) is 12.2 Å². The van der Waals surface area contributed by atoms with Crippen LogP contribution in [0, 0.1) is 5.95 Å². The van der Waals surface area contributed by atoms with Gasteiger partial charge in [0.2, 0.25) is 5.95 Å². The highest BCUT2D eigenvalue weighted by molar-refractivity contribution is 6.32. The molecule has 26 heavy (non-hydrogen) atoms. The van der Waals surface area contributed by atoms with Crippen molar-refractivity contribution in [2.24, 2.45) is 0 Å². The van der Waals surface area contributed by atoms with Gasteiger partial charge in [-0.25, -0.2) is 9.97 Å². The monoisotopic (exact) mass is 380 g/mol. The molecular formula is C17H18ClFN4O3. The number of nitrogens with one attached hydrogen (secondary N) is 1. The molecule has 2 aromatic heterocycles. The first-order valence-electron chi connectivity index (χ1n) is 8.45. The smallest absolute Gasteiger partial charge is 0.272 e. The van der Waals surface area contributed by atoms with Crippen LogP contribution in [0.1, 0.15) is 12.8 Å². The van der Waals surface area contributed by atoms with Crippen molar-refractivity contribution in [3.63, 3.8) is 0 Å². The van der Waals surface area contributed by atoms with Crippen molar-refractivity contribution < 1.29 is 13.9 Å². The molecule has 2 aliphatic rings. The molecule has 9 heteroatoms. The summed E-state index contributed by atoms with van der Waals surface area (Å²) in [6.07, 6.45) is 2.89. The van der Waals surface area contributed by atoms with E-state index >= 15 is 0 Å². The lowest BCUT2D eigenvalue weighted by Crippen LogP contribution is -2.55. The molecule has 1 N–H and O–H groups in total. The van der Waals surface area contributed by atoms with Gasteiger partial charge in [0.25, 0.3) is 5.56 Å². The third kappa shape index (κ3) is 3.32. The van der Waals surface area contributed by atoms with Gasteiger partial charge in [0.1, 0.15) is 10.8 Å². The number of H-pyrrole nitrogens is 1. The Bertz CT molecular complexity index is 864. The van der Waals surface area contributed by atoms with Crippen LogP contribution in [0.2, 0.25) is 5.02 Å². The fraction of sp³-hybridized carbons (Fsp3) is 0.471. The molecule has 2 aromatic rings. The third-order valence-electron chi connectivity index (χ3n) is 4.80. The molecule has 0 saturated carbocycles. The molecule has 0 aliphatic carbocycles. The first-order chi connectivity index (χ1) is 12.6. The van der Waals surface area contributed by atoms with Crippen LogP contribution in [0.5, 0.6) is 0 Å². The molecular weight excluding hydrogens is 363 g/mol. The van der Waals surface area contributed by atoms with Crippen molar-refractivity contribution in [3.8, 4) is 11.4 Å². The molecule has 4 heterocycles. The molecule has 2 fully saturated rings. The van der Waals surface area contributed by atoms with Gasteiger partial charge >= 0.3 is 0 Å². The van der Waals surface area contributed by atoms with Gasteiger partial charge in [0.15, 0.2) is 5.82 Å². The Kier molecular flexibility index (Phi) is 4.64. The molecule has 0 atom stereocenters. The summed E-state index contributed by atoms with van der Waals surface area (Å²) < 4.78 is 24.9. The number of ether oxygens (including phenoxy) is 2. The fourth-order valence-electron chi connectivity index (χ4n) is 3.41. The first-order valence-corrected chi connectivity index (χ1v) is 8.83. The normalized spacial score (nSPS) is 19.7. The van der Waals surface area contributed by atoms with Crippen molar-refractivity contribution in [1.82, 2.24) is 15.0 Å². The lowest BCUT2D eigenvalue weighted by atomic mass is 9.92. The van der Waals surface area contributed by atoms with E-state index in [0.29, 0.717) is 44.3 Å². The van der Waals surface area contributed by atoms with E-state index in [1.165, 1.54) is 12.3 Å². The van der Waals surface area contributed by atoms with Gasteiger partial charge in [-0.05, 0) is 6.07 Å². The topological polar surface area (TPSA) is 80.3 Å². The SMILES string of the molecule is O=c1[nH]c(-c2ccnc(F)c2)nc(N2CCOC3(CCOCC3)C2)c1Cl. The molecule has 2 saturated heterocycles. The minimum Gasteiger partial charge on any atom is -0.381 e. The second kappa shape index (κ2) is 6.94. The highest BCUT2D eigenvalue weighted by atomic mass is 35.5. The molecule has 0 bridgehead atoms. The van der Waals surface area contributed by atoms with Crippen LogP contribution in [0.25, 0.3) is 11.4 Å². The first kappa shape index (κ1) is 17.4. The number of hydrogen-bond donors (Lipinski definition) is 1. The number of aromatic amines is 1. The van der Waals surface area contributed by atoms with Crippen LogP contribution in [0.4, 0.5) is 10.2 Å². The second-order valence-electron chi connectivity index (χ2n) is 6.48. The number of anilines is 1. The van der Waals surface area contributed by atoms with Gasteiger partial charge in [-0.1, -0.05) is 11.6 Å². The van der Waals surface area contributed by atoms with E-state index in [0.717, 1.165) is 12.8 Å². The van der Waals surface area contributed by atoms with E-state index in [4.69, 9.17) is 21.1 Å². The van der Waals surface area contributed by atoms with Gasteiger partial charge in [-0.15, -0.1) is 0 Å². The summed E-state index contributed by atoms with van der Waals surface area (Å²) >= 11 is 6.24. The standard InChI is InChI=1S/C17H18ClFN4O3/c18-13-15(23-5-8-26-17(10-23)2-6-25-7-3-17)21-14(22-16(13)24)11-1-4-20-12(19)9-11/h1,4,9H,2-3,5-8,10H2,(H,21,22,24). The van der Waals surface area contributed by atoms with Crippen LogP contribution in [0.3, 0.4) is 0 Å². The van der Waals surface area contributed by atoms with E-state index < -0.39 is 11.5 Å². The average molecular weight is 381 g/mol. The molecule has 138 valence electrons. The minimum absolute atomic E-state index is 0.0207. The van der Waals surface area contributed by atoms with Crippen LogP contribution >= 0.6 is 11.6 Å². The summed E-state index contributed by atoms with van der Waals surface area (Å²) in [5.41, 5.74) is -0.342. The molecule has 4 rings (SSSR count). The maximum Gasteiger partial charge on any atom is 0.272 e. The molecule has 0 radical (unpaired) electrons. The predicted molar refractivity (Wildman–Crippen MR) is 94.0 cm³/mol. The van der Waals surface area contributed by atoms with Crippen LogP contribution in [0.15, 0.2) is 23.1 Å². The molecule has 0 unspecified atom stereocenters. The molecule has 1 spiro atoms. The summed E-state index contributed by atoms with van der Waals surface area (Å²) in [6, 6.07) is 2.80. The average Bonchev–Trinajstić information content (AvgIpc) is 2.64. The van der Waals surface area contributed by atoms with E-state index in [1.54, 1.807) is 6.07 Å². The summed E-state index contributed by atoms with van der Waals surface area (Å²) in [5.74, 6) is -0.00537. The van der Waals surface area contributed by atoms with E-state index in [-0.39, 0.29) is 16.4 Å². The highest BCUT2D eigenvalue weighted by Gasteiger charge is 2.39. The van der Waals surface area contributed by atoms with Gasteiger partial charge in [-0.3, -0.25) is 4.79 Å². The summed E-state index contributed by atoms with van der Waals surface area (Å²) in [4.78, 5) is 24.9.